The minimum absolute atomic E-state index is 0.254. The Balaban J connectivity index is 1.44. The van der Waals surface area contributed by atoms with Crippen LogP contribution in [0.1, 0.15) is 33.1 Å². The summed E-state index contributed by atoms with van der Waals surface area (Å²) in [7, 11) is 0. The highest BCUT2D eigenvalue weighted by Crippen LogP contribution is 2.22. The molecule has 162 valence electrons. The Kier molecular flexibility index (Phi) is 5.85. The lowest BCUT2D eigenvalue weighted by atomic mass is 10.2. The Labute approximate surface area is 186 Å². The number of carbonyl (C=O) groups is 1. The molecule has 0 aliphatic rings. The van der Waals surface area contributed by atoms with Crippen LogP contribution >= 0.6 is 0 Å². The van der Waals surface area contributed by atoms with E-state index in [9.17, 15) is 4.79 Å². The standard InChI is InChI=1S/C24H24N6O2/c1-14-5-7-18(8-6-14)26-21-13-15(2)25-24(29-21)28-20-11-9-19(10-12-20)27-23(31)22-16(3)30-32-17(22)4/h5-13H,1-4H3,(H,27,31)(H2,25,26,28,29). The quantitative estimate of drug-likeness (QED) is 0.376. The first-order valence-corrected chi connectivity index (χ1v) is 10.2. The Morgan fingerprint density at radius 2 is 1.44 bits per heavy atom. The second-order valence-corrected chi connectivity index (χ2v) is 7.56. The van der Waals surface area contributed by atoms with Crippen LogP contribution in [-0.4, -0.2) is 21.0 Å². The fourth-order valence-corrected chi connectivity index (χ4v) is 3.24. The number of aromatic nitrogens is 3. The van der Waals surface area contributed by atoms with Crippen molar-refractivity contribution in [3.05, 3.63) is 82.9 Å². The van der Waals surface area contributed by atoms with Crippen molar-refractivity contribution in [1.29, 1.82) is 0 Å². The third kappa shape index (κ3) is 4.92. The van der Waals surface area contributed by atoms with Gasteiger partial charge in [0.15, 0.2) is 0 Å². The Bertz CT molecular complexity index is 1230. The second-order valence-electron chi connectivity index (χ2n) is 7.56. The number of nitrogens with zero attached hydrogens (tertiary/aromatic N) is 3. The summed E-state index contributed by atoms with van der Waals surface area (Å²) in [6.45, 7) is 7.42. The van der Waals surface area contributed by atoms with Gasteiger partial charge in [0.05, 0.1) is 5.69 Å². The molecule has 8 heteroatoms. The number of carbonyl (C=O) groups excluding carboxylic acids is 1. The molecule has 0 radical (unpaired) electrons. The van der Waals surface area contributed by atoms with Crippen molar-refractivity contribution in [2.75, 3.05) is 16.0 Å². The molecular weight excluding hydrogens is 404 g/mol. The third-order valence-electron chi connectivity index (χ3n) is 4.84. The minimum atomic E-state index is -0.254. The molecule has 0 atom stereocenters. The highest BCUT2D eigenvalue weighted by molar-refractivity contribution is 6.05. The molecule has 0 fully saturated rings. The molecular formula is C24H24N6O2. The molecule has 32 heavy (non-hydrogen) atoms. The lowest BCUT2D eigenvalue weighted by molar-refractivity contribution is 0.102. The number of anilines is 5. The molecule has 2 heterocycles. The molecule has 0 spiro atoms. The lowest BCUT2D eigenvalue weighted by Gasteiger charge is -2.11. The molecule has 4 rings (SSSR count). The van der Waals surface area contributed by atoms with Crippen LogP contribution in [0, 0.1) is 27.7 Å². The number of hydrogen-bond donors (Lipinski definition) is 3. The first-order chi connectivity index (χ1) is 15.4. The maximum absolute atomic E-state index is 12.5. The molecule has 0 saturated heterocycles. The second kappa shape index (κ2) is 8.89. The van der Waals surface area contributed by atoms with E-state index in [-0.39, 0.29) is 5.91 Å². The average molecular weight is 428 g/mol. The summed E-state index contributed by atoms with van der Waals surface area (Å²) < 4.78 is 5.06. The van der Waals surface area contributed by atoms with Gasteiger partial charge in [0.25, 0.3) is 5.91 Å². The topological polar surface area (TPSA) is 105 Å². The predicted octanol–water partition coefficient (Wildman–Crippen LogP) is 5.44. The fourth-order valence-electron chi connectivity index (χ4n) is 3.24. The van der Waals surface area contributed by atoms with Crippen molar-refractivity contribution in [3.63, 3.8) is 0 Å². The van der Waals surface area contributed by atoms with Crippen molar-refractivity contribution in [1.82, 2.24) is 15.1 Å². The molecule has 0 bridgehead atoms. The number of rotatable bonds is 6. The van der Waals surface area contributed by atoms with Gasteiger partial charge in [-0.2, -0.15) is 4.98 Å². The van der Waals surface area contributed by atoms with Crippen LogP contribution in [0.5, 0.6) is 0 Å². The highest BCUT2D eigenvalue weighted by Gasteiger charge is 2.17. The normalized spacial score (nSPS) is 10.6. The molecule has 0 aliphatic heterocycles. The van der Waals surface area contributed by atoms with Crippen molar-refractivity contribution >= 4 is 34.7 Å². The van der Waals surface area contributed by atoms with E-state index in [2.05, 4.69) is 31.1 Å². The van der Waals surface area contributed by atoms with E-state index in [0.29, 0.717) is 34.5 Å². The molecule has 0 saturated carbocycles. The molecule has 0 unspecified atom stereocenters. The molecule has 8 nitrogen and oxygen atoms in total. The summed E-state index contributed by atoms with van der Waals surface area (Å²) in [5, 5.41) is 13.2. The van der Waals surface area contributed by atoms with Gasteiger partial charge < -0.3 is 20.5 Å². The van der Waals surface area contributed by atoms with Gasteiger partial charge in [-0.05, 0) is 64.1 Å². The van der Waals surface area contributed by atoms with E-state index in [0.717, 1.165) is 17.1 Å². The predicted molar refractivity (Wildman–Crippen MR) is 125 cm³/mol. The van der Waals surface area contributed by atoms with Crippen LogP contribution in [0.3, 0.4) is 0 Å². The first-order valence-electron chi connectivity index (χ1n) is 10.2. The Morgan fingerprint density at radius 3 is 2.09 bits per heavy atom. The summed E-state index contributed by atoms with van der Waals surface area (Å²) in [6, 6.07) is 17.3. The van der Waals surface area contributed by atoms with Gasteiger partial charge in [-0.1, -0.05) is 22.9 Å². The maximum Gasteiger partial charge on any atom is 0.261 e. The van der Waals surface area contributed by atoms with Gasteiger partial charge in [-0.3, -0.25) is 4.79 Å². The summed E-state index contributed by atoms with van der Waals surface area (Å²) in [6.07, 6.45) is 0. The summed E-state index contributed by atoms with van der Waals surface area (Å²) in [5.41, 5.74) is 5.46. The Morgan fingerprint density at radius 1 is 0.812 bits per heavy atom. The van der Waals surface area contributed by atoms with Crippen LogP contribution < -0.4 is 16.0 Å². The van der Waals surface area contributed by atoms with Crippen molar-refractivity contribution < 1.29 is 9.32 Å². The SMILES string of the molecule is Cc1ccc(Nc2cc(C)nc(Nc3ccc(NC(=O)c4c(C)noc4C)cc3)n2)cc1. The first kappa shape index (κ1) is 21.0. The van der Waals surface area contributed by atoms with E-state index < -0.39 is 0 Å². The van der Waals surface area contributed by atoms with E-state index in [4.69, 9.17) is 4.52 Å². The van der Waals surface area contributed by atoms with Gasteiger partial charge in [0, 0.05) is 28.8 Å². The monoisotopic (exact) mass is 428 g/mol. The zero-order valence-electron chi connectivity index (χ0n) is 18.4. The van der Waals surface area contributed by atoms with E-state index in [1.54, 1.807) is 26.0 Å². The molecule has 4 aromatic rings. The Hall–Kier alpha value is -4.20. The smallest absolute Gasteiger partial charge is 0.261 e. The van der Waals surface area contributed by atoms with Gasteiger partial charge in [0.1, 0.15) is 17.1 Å². The number of hydrogen-bond acceptors (Lipinski definition) is 7. The number of nitrogens with one attached hydrogen (secondary N) is 3. The number of amides is 1. The maximum atomic E-state index is 12.5. The molecule has 1 amide bonds. The summed E-state index contributed by atoms with van der Waals surface area (Å²) in [5.74, 6) is 1.42. The van der Waals surface area contributed by atoms with Crippen LogP contribution in [0.4, 0.5) is 28.8 Å². The van der Waals surface area contributed by atoms with Crippen LogP contribution in [-0.2, 0) is 0 Å². The van der Waals surface area contributed by atoms with Gasteiger partial charge in [0.2, 0.25) is 5.95 Å². The highest BCUT2D eigenvalue weighted by atomic mass is 16.5. The van der Waals surface area contributed by atoms with E-state index >= 15 is 0 Å². The largest absolute Gasteiger partial charge is 0.361 e. The number of aryl methyl sites for hydroxylation is 4. The third-order valence-corrected chi connectivity index (χ3v) is 4.84. The minimum Gasteiger partial charge on any atom is -0.361 e. The van der Waals surface area contributed by atoms with Gasteiger partial charge >= 0.3 is 0 Å². The van der Waals surface area contributed by atoms with E-state index in [1.807, 2.05) is 56.3 Å². The zero-order valence-corrected chi connectivity index (χ0v) is 18.4. The van der Waals surface area contributed by atoms with Crippen LogP contribution in [0.15, 0.2) is 59.1 Å². The zero-order chi connectivity index (χ0) is 22.7. The molecule has 3 N–H and O–H groups in total. The molecule has 2 aromatic carbocycles. The summed E-state index contributed by atoms with van der Waals surface area (Å²) >= 11 is 0. The van der Waals surface area contributed by atoms with Crippen molar-refractivity contribution in [3.8, 4) is 0 Å². The van der Waals surface area contributed by atoms with Crippen LogP contribution in [0.2, 0.25) is 0 Å². The van der Waals surface area contributed by atoms with Gasteiger partial charge in [-0.15, -0.1) is 0 Å². The molecule has 2 aromatic heterocycles. The fraction of sp³-hybridized carbons (Fsp3) is 0.167. The lowest BCUT2D eigenvalue weighted by Crippen LogP contribution is -2.13. The van der Waals surface area contributed by atoms with Crippen molar-refractivity contribution in [2.24, 2.45) is 0 Å². The molecule has 0 aliphatic carbocycles. The summed E-state index contributed by atoms with van der Waals surface area (Å²) in [4.78, 5) is 21.5. The van der Waals surface area contributed by atoms with Crippen LogP contribution in [0.25, 0.3) is 0 Å². The van der Waals surface area contributed by atoms with E-state index in [1.165, 1.54) is 5.56 Å². The van der Waals surface area contributed by atoms with Gasteiger partial charge in [-0.25, -0.2) is 4.98 Å². The van der Waals surface area contributed by atoms with Crippen molar-refractivity contribution in [2.45, 2.75) is 27.7 Å². The average Bonchev–Trinajstić information content (AvgIpc) is 3.09. The number of benzene rings is 2.